The molecule has 21 heavy (non-hydrogen) atoms. The predicted molar refractivity (Wildman–Crippen MR) is 76.0 cm³/mol. The molecule has 0 N–H and O–H groups in total. The average molecular weight is 319 g/mol. The van der Waals surface area contributed by atoms with E-state index in [0.717, 1.165) is 11.2 Å². The Labute approximate surface area is 125 Å². The van der Waals surface area contributed by atoms with E-state index in [1.165, 1.54) is 6.08 Å². The Morgan fingerprint density at radius 1 is 1.43 bits per heavy atom. The molecule has 2 amide bonds. The van der Waals surface area contributed by atoms with Gasteiger partial charge < -0.3 is 4.74 Å². The fourth-order valence-electron chi connectivity index (χ4n) is 1.83. The minimum atomic E-state index is -3.57. The molecule has 1 saturated heterocycles. The SMILES string of the molecule is CC1CN(C(=O)OC(C)(C)C)C(=O)/C1=C/COS(C)(=O)=O. The standard InChI is InChI=1S/C13H21NO6S/c1-9-8-14(12(16)20-13(2,3)4)11(15)10(9)6-7-19-21(5,17)18/h6,9H,7-8H2,1-5H3/b10-6+. The molecule has 0 aromatic rings. The number of likely N-dealkylation sites (tertiary alicyclic amines) is 1. The molecule has 1 unspecified atom stereocenters. The van der Waals surface area contributed by atoms with Gasteiger partial charge >= 0.3 is 6.09 Å². The molecular formula is C13H21NO6S. The van der Waals surface area contributed by atoms with E-state index in [1.807, 2.05) is 0 Å². The van der Waals surface area contributed by atoms with Gasteiger partial charge in [0.25, 0.3) is 16.0 Å². The Morgan fingerprint density at radius 3 is 2.48 bits per heavy atom. The summed E-state index contributed by atoms with van der Waals surface area (Å²) in [6, 6.07) is 0. The maximum atomic E-state index is 12.2. The van der Waals surface area contributed by atoms with Gasteiger partial charge in [0.1, 0.15) is 5.60 Å². The van der Waals surface area contributed by atoms with Crippen molar-refractivity contribution in [2.24, 2.45) is 5.92 Å². The number of ether oxygens (including phenoxy) is 1. The molecule has 120 valence electrons. The van der Waals surface area contributed by atoms with Gasteiger partial charge in [-0.2, -0.15) is 8.42 Å². The van der Waals surface area contributed by atoms with Crippen LogP contribution in [0.5, 0.6) is 0 Å². The van der Waals surface area contributed by atoms with E-state index in [4.69, 9.17) is 4.74 Å². The molecule has 0 saturated carbocycles. The van der Waals surface area contributed by atoms with Crippen molar-refractivity contribution in [1.29, 1.82) is 0 Å². The highest BCUT2D eigenvalue weighted by Gasteiger charge is 2.38. The highest BCUT2D eigenvalue weighted by atomic mass is 32.2. The summed E-state index contributed by atoms with van der Waals surface area (Å²) in [6.07, 6.45) is 1.61. The topological polar surface area (TPSA) is 90.0 Å². The van der Waals surface area contributed by atoms with Gasteiger partial charge in [0, 0.05) is 18.0 Å². The lowest BCUT2D eigenvalue weighted by molar-refractivity contribution is -0.124. The van der Waals surface area contributed by atoms with Gasteiger partial charge in [0.05, 0.1) is 12.9 Å². The lowest BCUT2D eigenvalue weighted by atomic mass is 10.1. The summed E-state index contributed by atoms with van der Waals surface area (Å²) in [5, 5.41) is 0. The van der Waals surface area contributed by atoms with Crippen molar-refractivity contribution in [3.8, 4) is 0 Å². The average Bonchev–Trinajstić information content (AvgIpc) is 2.52. The second-order valence-corrected chi connectivity index (χ2v) is 7.59. The van der Waals surface area contributed by atoms with Crippen LogP contribution in [0.1, 0.15) is 27.7 Å². The highest BCUT2D eigenvalue weighted by Crippen LogP contribution is 2.25. The first-order chi connectivity index (χ1) is 9.41. The summed E-state index contributed by atoms with van der Waals surface area (Å²) in [7, 11) is -3.57. The maximum absolute atomic E-state index is 12.2. The van der Waals surface area contributed by atoms with Gasteiger partial charge in [-0.3, -0.25) is 8.98 Å². The van der Waals surface area contributed by atoms with Crippen LogP contribution in [0.15, 0.2) is 11.6 Å². The van der Waals surface area contributed by atoms with Crippen molar-refractivity contribution in [3.63, 3.8) is 0 Å². The van der Waals surface area contributed by atoms with Crippen LogP contribution in [-0.4, -0.2) is 50.3 Å². The Hall–Kier alpha value is -1.41. The normalized spacial score (nSPS) is 22.0. The number of nitrogens with zero attached hydrogens (tertiary/aromatic N) is 1. The maximum Gasteiger partial charge on any atom is 0.417 e. The monoisotopic (exact) mass is 319 g/mol. The Bertz CT molecular complexity index is 558. The molecule has 0 aliphatic carbocycles. The van der Waals surface area contributed by atoms with Crippen molar-refractivity contribution in [1.82, 2.24) is 4.90 Å². The van der Waals surface area contributed by atoms with Crippen LogP contribution in [0.2, 0.25) is 0 Å². The third-order valence-corrected chi connectivity index (χ3v) is 3.24. The summed E-state index contributed by atoms with van der Waals surface area (Å²) >= 11 is 0. The minimum Gasteiger partial charge on any atom is -0.443 e. The molecule has 8 heteroatoms. The van der Waals surface area contributed by atoms with Crippen molar-refractivity contribution >= 4 is 22.1 Å². The van der Waals surface area contributed by atoms with Gasteiger partial charge in [-0.05, 0) is 26.8 Å². The van der Waals surface area contributed by atoms with Gasteiger partial charge in [-0.1, -0.05) is 6.92 Å². The van der Waals surface area contributed by atoms with E-state index in [1.54, 1.807) is 27.7 Å². The molecule has 1 aliphatic rings. The molecular weight excluding hydrogens is 298 g/mol. The van der Waals surface area contributed by atoms with E-state index in [2.05, 4.69) is 4.18 Å². The predicted octanol–water partition coefficient (Wildman–Crippen LogP) is 1.30. The number of hydrogen-bond donors (Lipinski definition) is 0. The van der Waals surface area contributed by atoms with Gasteiger partial charge in [-0.25, -0.2) is 9.69 Å². The smallest absolute Gasteiger partial charge is 0.417 e. The van der Waals surface area contributed by atoms with E-state index in [0.29, 0.717) is 5.57 Å². The summed E-state index contributed by atoms with van der Waals surface area (Å²) < 4.78 is 31.5. The molecule has 0 bridgehead atoms. The van der Waals surface area contributed by atoms with Gasteiger partial charge in [0.2, 0.25) is 0 Å². The largest absolute Gasteiger partial charge is 0.443 e. The van der Waals surface area contributed by atoms with Crippen molar-refractivity contribution in [2.75, 3.05) is 19.4 Å². The fourth-order valence-corrected chi connectivity index (χ4v) is 2.15. The van der Waals surface area contributed by atoms with Gasteiger partial charge in [0.15, 0.2) is 0 Å². The number of carbonyl (C=O) groups excluding carboxylic acids is 2. The quantitative estimate of drug-likeness (QED) is 0.575. The van der Waals surface area contributed by atoms with Crippen LogP contribution in [-0.2, 0) is 23.8 Å². The summed E-state index contributed by atoms with van der Waals surface area (Å²) in [4.78, 5) is 25.1. The molecule has 1 heterocycles. The molecule has 0 radical (unpaired) electrons. The van der Waals surface area contributed by atoms with Crippen molar-refractivity contribution in [3.05, 3.63) is 11.6 Å². The first-order valence-electron chi connectivity index (χ1n) is 6.50. The zero-order chi connectivity index (χ0) is 16.4. The van der Waals surface area contributed by atoms with E-state index >= 15 is 0 Å². The van der Waals surface area contributed by atoms with E-state index in [9.17, 15) is 18.0 Å². The molecule has 0 aromatic heterocycles. The van der Waals surface area contributed by atoms with Crippen molar-refractivity contribution in [2.45, 2.75) is 33.3 Å². The van der Waals surface area contributed by atoms with Gasteiger partial charge in [-0.15, -0.1) is 0 Å². The Kier molecular flexibility index (Phi) is 5.16. The first-order valence-corrected chi connectivity index (χ1v) is 8.31. The molecule has 7 nitrogen and oxygen atoms in total. The molecule has 1 aliphatic heterocycles. The van der Waals surface area contributed by atoms with E-state index < -0.39 is 27.7 Å². The first kappa shape index (κ1) is 17.6. The molecule has 1 atom stereocenters. The number of imide groups is 1. The zero-order valence-electron chi connectivity index (χ0n) is 12.9. The van der Waals surface area contributed by atoms with Crippen LogP contribution in [0.3, 0.4) is 0 Å². The minimum absolute atomic E-state index is 0.201. The number of carbonyl (C=O) groups is 2. The fraction of sp³-hybridized carbons (Fsp3) is 0.692. The van der Waals surface area contributed by atoms with Crippen LogP contribution in [0.4, 0.5) is 4.79 Å². The van der Waals surface area contributed by atoms with Crippen LogP contribution >= 0.6 is 0 Å². The number of rotatable bonds is 3. The van der Waals surface area contributed by atoms with Crippen LogP contribution < -0.4 is 0 Å². The van der Waals surface area contributed by atoms with E-state index in [-0.39, 0.29) is 19.1 Å². The molecule has 1 fully saturated rings. The van der Waals surface area contributed by atoms with Crippen molar-refractivity contribution < 1.29 is 26.9 Å². The number of hydrogen-bond acceptors (Lipinski definition) is 6. The molecule has 0 spiro atoms. The summed E-state index contributed by atoms with van der Waals surface area (Å²) in [6.45, 7) is 6.89. The summed E-state index contributed by atoms with van der Waals surface area (Å²) in [5.41, 5.74) is -0.337. The Morgan fingerprint density at radius 2 is 2.00 bits per heavy atom. The van der Waals surface area contributed by atoms with Crippen LogP contribution in [0.25, 0.3) is 0 Å². The second kappa shape index (κ2) is 6.15. The third-order valence-electron chi connectivity index (χ3n) is 2.68. The Balaban J connectivity index is 2.77. The summed E-state index contributed by atoms with van der Waals surface area (Å²) in [5.74, 6) is -0.679. The molecule has 0 aromatic carbocycles. The lowest BCUT2D eigenvalue weighted by Gasteiger charge is -2.23. The highest BCUT2D eigenvalue weighted by molar-refractivity contribution is 7.85. The third kappa shape index (κ3) is 5.47. The number of amides is 2. The second-order valence-electron chi connectivity index (χ2n) is 5.95. The van der Waals surface area contributed by atoms with Crippen LogP contribution in [0, 0.1) is 5.92 Å². The zero-order valence-corrected chi connectivity index (χ0v) is 13.7. The lowest BCUT2D eigenvalue weighted by Crippen LogP contribution is -2.37. The molecule has 1 rings (SSSR count).